The lowest BCUT2D eigenvalue weighted by Gasteiger charge is -2.35. The van der Waals surface area contributed by atoms with E-state index in [9.17, 15) is 4.79 Å². The normalized spacial score (nSPS) is 16.1. The molecule has 1 amide bonds. The van der Waals surface area contributed by atoms with Crippen molar-refractivity contribution in [2.24, 2.45) is 0 Å². The molecule has 0 bridgehead atoms. The molecule has 7 nitrogen and oxygen atoms in total. The molecule has 1 saturated heterocycles. The Morgan fingerprint density at radius 3 is 2.55 bits per heavy atom. The first-order valence-electron chi connectivity index (χ1n) is 10.3. The molecule has 1 aromatic carbocycles. The van der Waals surface area contributed by atoms with E-state index in [4.69, 9.17) is 9.47 Å². The molecule has 0 saturated carbocycles. The Balaban J connectivity index is 1.34. The second-order valence-corrected chi connectivity index (χ2v) is 7.36. The van der Waals surface area contributed by atoms with Crippen molar-refractivity contribution in [2.45, 2.75) is 20.4 Å². The zero-order valence-corrected chi connectivity index (χ0v) is 17.1. The molecule has 3 heterocycles. The number of anilines is 1. The van der Waals surface area contributed by atoms with Crippen LogP contribution in [-0.2, 0) is 6.54 Å². The van der Waals surface area contributed by atoms with Gasteiger partial charge in [0.2, 0.25) is 6.79 Å². The third kappa shape index (κ3) is 4.29. The van der Waals surface area contributed by atoms with Crippen LogP contribution in [0, 0.1) is 0 Å². The van der Waals surface area contributed by atoms with Gasteiger partial charge in [0.25, 0.3) is 5.91 Å². The van der Waals surface area contributed by atoms with Crippen LogP contribution in [0.4, 0.5) is 5.69 Å². The lowest BCUT2D eigenvalue weighted by Crippen LogP contribution is -2.48. The van der Waals surface area contributed by atoms with Crippen LogP contribution in [0.1, 0.15) is 29.8 Å². The lowest BCUT2D eigenvalue weighted by molar-refractivity contribution is 0.0628. The van der Waals surface area contributed by atoms with Gasteiger partial charge in [0.1, 0.15) is 0 Å². The van der Waals surface area contributed by atoms with E-state index < -0.39 is 0 Å². The first kappa shape index (κ1) is 19.5. The molecule has 2 aromatic rings. The summed E-state index contributed by atoms with van der Waals surface area (Å²) in [5.41, 5.74) is 2.87. The number of benzene rings is 1. The van der Waals surface area contributed by atoms with Gasteiger partial charge < -0.3 is 19.3 Å². The van der Waals surface area contributed by atoms with Crippen molar-refractivity contribution in [2.75, 3.05) is 51.0 Å². The number of piperazine rings is 1. The number of pyridine rings is 1. The molecule has 0 unspecified atom stereocenters. The number of amides is 1. The molecule has 7 heteroatoms. The SMILES string of the molecule is CCN(CC)c1cncc(C(=O)N2CCN(Cc3ccc4c(c3)OCO4)CC2)c1. The topological polar surface area (TPSA) is 58.1 Å². The minimum absolute atomic E-state index is 0.0641. The minimum atomic E-state index is 0.0641. The van der Waals surface area contributed by atoms with E-state index in [0.29, 0.717) is 12.4 Å². The van der Waals surface area contributed by atoms with Gasteiger partial charge in [-0.25, -0.2) is 0 Å². The van der Waals surface area contributed by atoms with E-state index in [2.05, 4.69) is 34.7 Å². The van der Waals surface area contributed by atoms with Gasteiger partial charge in [0, 0.05) is 52.0 Å². The van der Waals surface area contributed by atoms with E-state index in [-0.39, 0.29) is 5.91 Å². The van der Waals surface area contributed by atoms with Gasteiger partial charge in [-0.05, 0) is 37.6 Å². The second-order valence-electron chi connectivity index (χ2n) is 7.36. The van der Waals surface area contributed by atoms with Crippen molar-refractivity contribution in [3.05, 3.63) is 47.8 Å². The highest BCUT2D eigenvalue weighted by molar-refractivity contribution is 5.94. The molecular weight excluding hydrogens is 368 g/mol. The molecule has 2 aliphatic heterocycles. The molecule has 1 aromatic heterocycles. The molecule has 154 valence electrons. The summed E-state index contributed by atoms with van der Waals surface area (Å²) < 4.78 is 10.8. The van der Waals surface area contributed by atoms with Gasteiger partial charge in [-0.2, -0.15) is 0 Å². The average Bonchev–Trinajstić information content (AvgIpc) is 3.23. The number of carbonyl (C=O) groups excluding carboxylic acids is 1. The van der Waals surface area contributed by atoms with E-state index in [0.717, 1.165) is 63.0 Å². The van der Waals surface area contributed by atoms with Crippen molar-refractivity contribution >= 4 is 11.6 Å². The summed E-state index contributed by atoms with van der Waals surface area (Å²) in [4.78, 5) is 23.8. The van der Waals surface area contributed by atoms with Crippen LogP contribution in [0.5, 0.6) is 11.5 Å². The fraction of sp³-hybridized carbons (Fsp3) is 0.455. The summed E-state index contributed by atoms with van der Waals surface area (Å²) in [5.74, 6) is 1.69. The number of rotatable bonds is 6. The minimum Gasteiger partial charge on any atom is -0.454 e. The van der Waals surface area contributed by atoms with Gasteiger partial charge in [-0.1, -0.05) is 6.07 Å². The molecule has 0 radical (unpaired) electrons. The van der Waals surface area contributed by atoms with Crippen LogP contribution in [0.3, 0.4) is 0 Å². The second kappa shape index (κ2) is 8.69. The van der Waals surface area contributed by atoms with Crippen molar-refractivity contribution < 1.29 is 14.3 Å². The van der Waals surface area contributed by atoms with Gasteiger partial charge in [-0.15, -0.1) is 0 Å². The van der Waals surface area contributed by atoms with Crippen molar-refractivity contribution in [1.82, 2.24) is 14.8 Å². The average molecular weight is 396 g/mol. The number of fused-ring (bicyclic) bond motifs is 1. The smallest absolute Gasteiger partial charge is 0.255 e. The third-order valence-electron chi connectivity index (χ3n) is 5.60. The zero-order valence-electron chi connectivity index (χ0n) is 17.1. The Labute approximate surface area is 171 Å². The molecular formula is C22H28N4O3. The van der Waals surface area contributed by atoms with E-state index >= 15 is 0 Å². The number of aromatic nitrogens is 1. The molecule has 2 aliphatic rings. The maximum absolute atomic E-state index is 13.0. The third-order valence-corrected chi connectivity index (χ3v) is 5.60. The summed E-state index contributed by atoms with van der Waals surface area (Å²) >= 11 is 0. The highest BCUT2D eigenvalue weighted by Crippen LogP contribution is 2.32. The van der Waals surface area contributed by atoms with Crippen LogP contribution in [0.15, 0.2) is 36.7 Å². The molecule has 0 N–H and O–H groups in total. The van der Waals surface area contributed by atoms with Crippen LogP contribution >= 0.6 is 0 Å². The van der Waals surface area contributed by atoms with Gasteiger partial charge in [0.05, 0.1) is 17.4 Å². The molecule has 4 rings (SSSR count). The maximum atomic E-state index is 13.0. The molecule has 0 spiro atoms. The summed E-state index contributed by atoms with van der Waals surface area (Å²) in [6, 6.07) is 8.05. The first-order valence-corrected chi connectivity index (χ1v) is 10.3. The number of nitrogens with zero attached hydrogens (tertiary/aromatic N) is 4. The van der Waals surface area contributed by atoms with Crippen LogP contribution in [0.25, 0.3) is 0 Å². The monoisotopic (exact) mass is 396 g/mol. The summed E-state index contributed by atoms with van der Waals surface area (Å²) in [7, 11) is 0. The lowest BCUT2D eigenvalue weighted by atomic mass is 10.1. The molecule has 1 fully saturated rings. The van der Waals surface area contributed by atoms with Crippen molar-refractivity contribution in [3.63, 3.8) is 0 Å². The van der Waals surface area contributed by atoms with Gasteiger partial charge in [0.15, 0.2) is 11.5 Å². The molecule has 0 atom stereocenters. The predicted octanol–water partition coefficient (Wildman–Crippen LogP) is 2.61. The van der Waals surface area contributed by atoms with E-state index in [1.165, 1.54) is 5.56 Å². The zero-order chi connectivity index (χ0) is 20.2. The summed E-state index contributed by atoms with van der Waals surface area (Å²) in [6.45, 7) is 10.3. The predicted molar refractivity (Wildman–Crippen MR) is 112 cm³/mol. The Bertz CT molecular complexity index is 861. The van der Waals surface area contributed by atoms with Gasteiger partial charge in [-0.3, -0.25) is 14.7 Å². The highest BCUT2D eigenvalue weighted by Gasteiger charge is 2.23. The number of ether oxygens (including phenoxy) is 2. The van der Waals surface area contributed by atoms with Crippen LogP contribution in [-0.4, -0.2) is 66.8 Å². The number of hydrogen-bond acceptors (Lipinski definition) is 6. The largest absolute Gasteiger partial charge is 0.454 e. The van der Waals surface area contributed by atoms with E-state index in [1.807, 2.05) is 29.3 Å². The standard InChI is InChI=1S/C22H28N4O3/c1-3-25(4-2)19-12-18(13-23-14-19)22(27)26-9-7-24(8-10-26)15-17-5-6-20-21(11-17)29-16-28-20/h5-6,11-14H,3-4,7-10,15-16H2,1-2H3. The van der Waals surface area contributed by atoms with Crippen LogP contribution < -0.4 is 14.4 Å². The summed E-state index contributed by atoms with van der Waals surface area (Å²) in [5, 5.41) is 0. The fourth-order valence-corrected chi connectivity index (χ4v) is 3.90. The fourth-order valence-electron chi connectivity index (χ4n) is 3.90. The van der Waals surface area contributed by atoms with Crippen LogP contribution in [0.2, 0.25) is 0 Å². The molecule has 0 aliphatic carbocycles. The maximum Gasteiger partial charge on any atom is 0.255 e. The Morgan fingerprint density at radius 2 is 1.79 bits per heavy atom. The van der Waals surface area contributed by atoms with Crippen molar-refractivity contribution in [3.8, 4) is 11.5 Å². The number of hydrogen-bond donors (Lipinski definition) is 0. The Morgan fingerprint density at radius 1 is 1.03 bits per heavy atom. The van der Waals surface area contributed by atoms with Gasteiger partial charge >= 0.3 is 0 Å². The summed E-state index contributed by atoms with van der Waals surface area (Å²) in [6.07, 6.45) is 3.50. The van der Waals surface area contributed by atoms with E-state index in [1.54, 1.807) is 6.20 Å². The number of carbonyl (C=O) groups is 1. The Hall–Kier alpha value is -2.80. The quantitative estimate of drug-likeness (QED) is 0.748. The highest BCUT2D eigenvalue weighted by atomic mass is 16.7. The molecule has 29 heavy (non-hydrogen) atoms. The first-order chi connectivity index (χ1) is 14.2. The van der Waals surface area contributed by atoms with Crippen molar-refractivity contribution in [1.29, 1.82) is 0 Å². The Kier molecular flexibility index (Phi) is 5.85.